The highest BCUT2D eigenvalue weighted by Crippen LogP contribution is 2.30. The molecule has 130 valence electrons. The molecule has 2 heterocycles. The number of pyridine rings is 1. The van der Waals surface area contributed by atoms with Gasteiger partial charge in [-0.2, -0.15) is 5.10 Å². The number of hydrogen-bond acceptors (Lipinski definition) is 5. The van der Waals surface area contributed by atoms with Gasteiger partial charge in [0.15, 0.2) is 11.5 Å². The number of hydrogen-bond donors (Lipinski definition) is 1. The first-order valence-electron chi connectivity index (χ1n) is 8.27. The Kier molecular flexibility index (Phi) is 5.64. The lowest BCUT2D eigenvalue weighted by Crippen LogP contribution is -2.12. The van der Waals surface area contributed by atoms with Crippen molar-refractivity contribution in [3.8, 4) is 17.4 Å². The van der Waals surface area contributed by atoms with Crippen LogP contribution in [0.4, 0.5) is 0 Å². The molecule has 0 spiro atoms. The maximum Gasteiger partial charge on any atom is 0.219 e. The van der Waals surface area contributed by atoms with Gasteiger partial charge in [0.2, 0.25) is 5.88 Å². The summed E-state index contributed by atoms with van der Waals surface area (Å²) in [5.41, 5.74) is 2.25. The molecule has 0 bridgehead atoms. The van der Waals surface area contributed by atoms with Crippen molar-refractivity contribution in [2.24, 2.45) is 7.05 Å². The van der Waals surface area contributed by atoms with Crippen LogP contribution < -0.4 is 14.8 Å². The Morgan fingerprint density at radius 3 is 2.48 bits per heavy atom. The van der Waals surface area contributed by atoms with Crippen molar-refractivity contribution in [1.82, 2.24) is 20.1 Å². The molecule has 25 heavy (non-hydrogen) atoms. The van der Waals surface area contributed by atoms with Crippen molar-refractivity contribution in [2.75, 3.05) is 6.61 Å². The fourth-order valence-electron chi connectivity index (χ4n) is 2.41. The van der Waals surface area contributed by atoms with Crippen LogP contribution in [0.5, 0.6) is 17.4 Å². The Balaban J connectivity index is 1.55. The van der Waals surface area contributed by atoms with Crippen LogP contribution >= 0.6 is 0 Å². The summed E-state index contributed by atoms with van der Waals surface area (Å²) < 4.78 is 13.2. The molecule has 0 amide bonds. The van der Waals surface area contributed by atoms with Crippen molar-refractivity contribution in [3.63, 3.8) is 0 Å². The van der Waals surface area contributed by atoms with E-state index in [2.05, 4.69) is 15.4 Å². The van der Waals surface area contributed by atoms with Gasteiger partial charge in [0, 0.05) is 44.2 Å². The minimum absolute atomic E-state index is 0.545. The topological polar surface area (TPSA) is 61.2 Å². The van der Waals surface area contributed by atoms with E-state index in [-0.39, 0.29) is 0 Å². The number of nitrogens with one attached hydrogen (secondary N) is 1. The zero-order chi connectivity index (χ0) is 17.5. The molecule has 6 heteroatoms. The summed E-state index contributed by atoms with van der Waals surface area (Å²) in [7, 11) is 1.91. The Hall–Kier alpha value is -2.86. The standard InChI is InChI=1S/C19H22N4O2/c1-3-24-17-6-4-5-7-18(17)25-19-9-8-15(12-21-19)10-20-11-16-13-22-23(2)14-16/h4-9,12-14,20H,3,10-11H2,1-2H3. The first-order valence-corrected chi connectivity index (χ1v) is 8.27. The van der Waals surface area contributed by atoms with Crippen LogP contribution in [0.25, 0.3) is 0 Å². The molecule has 6 nitrogen and oxygen atoms in total. The maximum atomic E-state index is 5.83. The number of ether oxygens (including phenoxy) is 2. The number of aryl methyl sites for hydroxylation is 1. The number of aromatic nitrogens is 3. The summed E-state index contributed by atoms with van der Waals surface area (Å²) in [6.45, 7) is 4.04. The summed E-state index contributed by atoms with van der Waals surface area (Å²) >= 11 is 0. The molecular formula is C19H22N4O2. The van der Waals surface area contributed by atoms with Gasteiger partial charge < -0.3 is 14.8 Å². The molecule has 0 saturated carbocycles. The van der Waals surface area contributed by atoms with E-state index >= 15 is 0 Å². The number of benzene rings is 1. The van der Waals surface area contributed by atoms with Gasteiger partial charge in [-0.1, -0.05) is 18.2 Å². The Morgan fingerprint density at radius 2 is 1.80 bits per heavy atom. The van der Waals surface area contributed by atoms with Crippen molar-refractivity contribution in [2.45, 2.75) is 20.0 Å². The van der Waals surface area contributed by atoms with Crippen LogP contribution in [0.3, 0.4) is 0 Å². The fraction of sp³-hybridized carbons (Fsp3) is 0.263. The lowest BCUT2D eigenvalue weighted by molar-refractivity contribution is 0.319. The fourth-order valence-corrected chi connectivity index (χ4v) is 2.41. The zero-order valence-corrected chi connectivity index (χ0v) is 14.5. The van der Waals surface area contributed by atoms with Gasteiger partial charge in [0.1, 0.15) is 0 Å². The maximum absolute atomic E-state index is 5.83. The van der Waals surface area contributed by atoms with Crippen molar-refractivity contribution in [3.05, 3.63) is 66.1 Å². The van der Waals surface area contributed by atoms with Crippen LogP contribution in [0.15, 0.2) is 55.0 Å². The summed E-state index contributed by atoms with van der Waals surface area (Å²) in [5.74, 6) is 1.93. The molecule has 2 aromatic heterocycles. The summed E-state index contributed by atoms with van der Waals surface area (Å²) in [4.78, 5) is 4.37. The molecule has 0 atom stereocenters. The Labute approximate surface area is 147 Å². The highest BCUT2D eigenvalue weighted by atomic mass is 16.5. The number of para-hydroxylation sites is 2. The normalized spacial score (nSPS) is 10.6. The second kappa shape index (κ2) is 8.30. The number of nitrogens with zero attached hydrogens (tertiary/aromatic N) is 3. The summed E-state index contributed by atoms with van der Waals surface area (Å²) in [5, 5.41) is 7.52. The smallest absolute Gasteiger partial charge is 0.219 e. The SMILES string of the molecule is CCOc1ccccc1Oc1ccc(CNCc2cnn(C)c2)cn1. The predicted octanol–water partition coefficient (Wildman–Crippen LogP) is 3.30. The molecule has 3 rings (SSSR count). The minimum atomic E-state index is 0.545. The summed E-state index contributed by atoms with van der Waals surface area (Å²) in [6.07, 6.45) is 5.67. The summed E-state index contributed by atoms with van der Waals surface area (Å²) in [6, 6.07) is 11.5. The van der Waals surface area contributed by atoms with Gasteiger partial charge >= 0.3 is 0 Å². The second-order valence-electron chi connectivity index (χ2n) is 5.61. The van der Waals surface area contributed by atoms with E-state index < -0.39 is 0 Å². The molecular weight excluding hydrogens is 316 g/mol. The average Bonchev–Trinajstić information content (AvgIpc) is 3.04. The van der Waals surface area contributed by atoms with E-state index in [9.17, 15) is 0 Å². The third-order valence-corrected chi connectivity index (χ3v) is 3.58. The average molecular weight is 338 g/mol. The quantitative estimate of drug-likeness (QED) is 0.683. The van der Waals surface area contributed by atoms with Crippen molar-refractivity contribution < 1.29 is 9.47 Å². The molecule has 1 aromatic carbocycles. The van der Waals surface area contributed by atoms with Crippen LogP contribution in [0, 0.1) is 0 Å². The monoisotopic (exact) mass is 338 g/mol. The van der Waals surface area contributed by atoms with E-state index in [0.29, 0.717) is 24.0 Å². The molecule has 1 N–H and O–H groups in total. The van der Waals surface area contributed by atoms with Gasteiger partial charge in [-0.15, -0.1) is 0 Å². The number of rotatable bonds is 8. The van der Waals surface area contributed by atoms with E-state index in [1.54, 1.807) is 4.68 Å². The molecule has 0 aliphatic carbocycles. The van der Waals surface area contributed by atoms with Gasteiger partial charge in [-0.05, 0) is 24.6 Å². The molecule has 0 saturated heterocycles. The van der Waals surface area contributed by atoms with Crippen LogP contribution in [0.1, 0.15) is 18.1 Å². The van der Waals surface area contributed by atoms with Crippen molar-refractivity contribution >= 4 is 0 Å². The lowest BCUT2D eigenvalue weighted by Gasteiger charge is -2.11. The predicted molar refractivity (Wildman–Crippen MR) is 95.7 cm³/mol. The van der Waals surface area contributed by atoms with Crippen LogP contribution in [0.2, 0.25) is 0 Å². The molecule has 3 aromatic rings. The van der Waals surface area contributed by atoms with E-state index in [1.807, 2.05) is 69.0 Å². The third-order valence-electron chi connectivity index (χ3n) is 3.58. The van der Waals surface area contributed by atoms with Gasteiger partial charge in [0.25, 0.3) is 0 Å². The van der Waals surface area contributed by atoms with Crippen LogP contribution in [-0.2, 0) is 20.1 Å². The van der Waals surface area contributed by atoms with E-state index in [1.165, 1.54) is 0 Å². The molecule has 0 unspecified atom stereocenters. The molecule has 0 aliphatic heterocycles. The lowest BCUT2D eigenvalue weighted by atomic mass is 10.2. The van der Waals surface area contributed by atoms with Gasteiger partial charge in [-0.3, -0.25) is 4.68 Å². The highest BCUT2D eigenvalue weighted by Gasteiger charge is 2.06. The van der Waals surface area contributed by atoms with Gasteiger partial charge in [0.05, 0.1) is 12.8 Å². The first-order chi connectivity index (χ1) is 12.2. The second-order valence-corrected chi connectivity index (χ2v) is 5.61. The van der Waals surface area contributed by atoms with Crippen LogP contribution in [-0.4, -0.2) is 21.4 Å². The Bertz CT molecular complexity index is 799. The van der Waals surface area contributed by atoms with E-state index in [4.69, 9.17) is 9.47 Å². The first kappa shape index (κ1) is 17.0. The minimum Gasteiger partial charge on any atom is -0.490 e. The zero-order valence-electron chi connectivity index (χ0n) is 14.5. The Morgan fingerprint density at radius 1 is 1.00 bits per heavy atom. The molecule has 0 aliphatic rings. The molecule has 0 fully saturated rings. The largest absolute Gasteiger partial charge is 0.490 e. The highest BCUT2D eigenvalue weighted by molar-refractivity contribution is 5.41. The third kappa shape index (κ3) is 4.81. The van der Waals surface area contributed by atoms with E-state index in [0.717, 1.165) is 24.2 Å². The molecule has 0 radical (unpaired) electrons. The van der Waals surface area contributed by atoms with Gasteiger partial charge in [-0.25, -0.2) is 4.98 Å². The van der Waals surface area contributed by atoms with Crippen molar-refractivity contribution in [1.29, 1.82) is 0 Å².